The fourth-order valence-corrected chi connectivity index (χ4v) is 4.63. The smallest absolute Gasteiger partial charge is 0.341 e. The van der Waals surface area contributed by atoms with Crippen molar-refractivity contribution >= 4 is 44.1 Å². The SMILES string of the molecule is COC(=O)c1c(NC(=O)C(C)Oc2ccccc2Br)sc2c1CCCC2. The number of aryl methyl sites for hydroxylation is 1. The van der Waals surface area contributed by atoms with Crippen LogP contribution in [0.4, 0.5) is 5.00 Å². The van der Waals surface area contributed by atoms with Crippen LogP contribution in [0.5, 0.6) is 5.75 Å². The number of halogens is 1. The first kappa shape index (κ1) is 18.9. The van der Waals surface area contributed by atoms with Gasteiger partial charge in [0.1, 0.15) is 10.8 Å². The molecule has 7 heteroatoms. The topological polar surface area (TPSA) is 64.6 Å². The molecule has 0 radical (unpaired) electrons. The number of carbonyl (C=O) groups is 2. The van der Waals surface area contributed by atoms with E-state index in [2.05, 4.69) is 21.2 Å². The lowest BCUT2D eigenvalue weighted by Crippen LogP contribution is -2.30. The van der Waals surface area contributed by atoms with Crippen molar-refractivity contribution < 1.29 is 19.1 Å². The van der Waals surface area contributed by atoms with Crippen LogP contribution in [0.2, 0.25) is 0 Å². The van der Waals surface area contributed by atoms with Crippen LogP contribution >= 0.6 is 27.3 Å². The first-order valence-electron chi connectivity index (χ1n) is 8.46. The molecule has 1 aliphatic rings. The second kappa shape index (κ2) is 8.22. The summed E-state index contributed by atoms with van der Waals surface area (Å²) in [6, 6.07) is 7.36. The molecule has 26 heavy (non-hydrogen) atoms. The number of anilines is 1. The Kier molecular flexibility index (Phi) is 5.98. The van der Waals surface area contributed by atoms with Gasteiger partial charge in [-0.15, -0.1) is 11.3 Å². The molecule has 1 amide bonds. The number of hydrogen-bond donors (Lipinski definition) is 1. The number of carbonyl (C=O) groups excluding carboxylic acids is 2. The zero-order valence-electron chi connectivity index (χ0n) is 14.6. The van der Waals surface area contributed by atoms with Crippen LogP contribution in [-0.4, -0.2) is 25.1 Å². The number of benzene rings is 1. The summed E-state index contributed by atoms with van der Waals surface area (Å²) in [5, 5.41) is 3.41. The number of hydrogen-bond acceptors (Lipinski definition) is 5. The molecule has 3 rings (SSSR count). The number of rotatable bonds is 5. The minimum absolute atomic E-state index is 0.301. The Morgan fingerprint density at radius 1 is 1.23 bits per heavy atom. The summed E-state index contributed by atoms with van der Waals surface area (Å²) in [5.74, 6) is -0.114. The highest BCUT2D eigenvalue weighted by atomic mass is 79.9. The van der Waals surface area contributed by atoms with Gasteiger partial charge in [-0.3, -0.25) is 4.79 Å². The lowest BCUT2D eigenvalue weighted by molar-refractivity contribution is -0.122. The second-order valence-corrected chi connectivity index (χ2v) is 8.05. The minimum atomic E-state index is -0.710. The minimum Gasteiger partial charge on any atom is -0.480 e. The van der Waals surface area contributed by atoms with E-state index in [1.54, 1.807) is 13.0 Å². The van der Waals surface area contributed by atoms with Crippen molar-refractivity contribution in [2.24, 2.45) is 0 Å². The van der Waals surface area contributed by atoms with Gasteiger partial charge in [-0.05, 0) is 66.2 Å². The van der Waals surface area contributed by atoms with E-state index in [1.807, 2.05) is 18.2 Å². The highest BCUT2D eigenvalue weighted by Gasteiger charge is 2.28. The van der Waals surface area contributed by atoms with Gasteiger partial charge in [0, 0.05) is 4.88 Å². The van der Waals surface area contributed by atoms with Crippen molar-refractivity contribution in [2.75, 3.05) is 12.4 Å². The van der Waals surface area contributed by atoms with Crippen LogP contribution in [0.15, 0.2) is 28.7 Å². The van der Waals surface area contributed by atoms with Crippen LogP contribution in [0.1, 0.15) is 40.6 Å². The van der Waals surface area contributed by atoms with Crippen LogP contribution in [0.25, 0.3) is 0 Å². The summed E-state index contributed by atoms with van der Waals surface area (Å²) in [4.78, 5) is 26.0. The summed E-state index contributed by atoms with van der Waals surface area (Å²) in [5.41, 5.74) is 1.51. The first-order valence-corrected chi connectivity index (χ1v) is 10.1. The molecule has 1 unspecified atom stereocenters. The molecule has 1 atom stereocenters. The Balaban J connectivity index is 1.79. The number of para-hydroxylation sites is 1. The lowest BCUT2D eigenvalue weighted by Gasteiger charge is -2.16. The molecule has 5 nitrogen and oxygen atoms in total. The molecule has 1 aromatic carbocycles. The molecule has 1 aliphatic carbocycles. The number of thiophene rings is 1. The first-order chi connectivity index (χ1) is 12.5. The molecule has 0 spiro atoms. The zero-order valence-corrected chi connectivity index (χ0v) is 17.0. The van der Waals surface area contributed by atoms with Crippen molar-refractivity contribution in [3.05, 3.63) is 44.7 Å². The molecular formula is C19H20BrNO4S. The largest absolute Gasteiger partial charge is 0.480 e. The predicted octanol–water partition coefficient (Wildman–Crippen LogP) is 4.58. The van der Waals surface area contributed by atoms with Crippen LogP contribution < -0.4 is 10.1 Å². The molecule has 1 heterocycles. The summed E-state index contributed by atoms with van der Waals surface area (Å²) in [6.45, 7) is 1.68. The summed E-state index contributed by atoms with van der Waals surface area (Å²) in [6.07, 6.45) is 3.21. The van der Waals surface area contributed by atoms with Crippen molar-refractivity contribution in [2.45, 2.75) is 38.7 Å². The summed E-state index contributed by atoms with van der Waals surface area (Å²) in [7, 11) is 1.36. The maximum Gasteiger partial charge on any atom is 0.341 e. The number of ether oxygens (including phenoxy) is 2. The molecule has 0 saturated carbocycles. The van der Waals surface area contributed by atoms with E-state index < -0.39 is 12.1 Å². The van der Waals surface area contributed by atoms with Gasteiger partial charge >= 0.3 is 5.97 Å². The van der Waals surface area contributed by atoms with Crippen molar-refractivity contribution in [3.63, 3.8) is 0 Å². The molecule has 138 valence electrons. The van der Waals surface area contributed by atoms with Crippen LogP contribution in [-0.2, 0) is 22.4 Å². The zero-order chi connectivity index (χ0) is 18.7. The Labute approximate surface area is 164 Å². The van der Waals surface area contributed by atoms with Gasteiger partial charge in [-0.1, -0.05) is 12.1 Å². The van der Waals surface area contributed by atoms with Gasteiger partial charge in [-0.25, -0.2) is 4.79 Å². The fourth-order valence-electron chi connectivity index (χ4n) is 2.97. The highest BCUT2D eigenvalue weighted by molar-refractivity contribution is 9.10. The van der Waals surface area contributed by atoms with Crippen molar-refractivity contribution in [3.8, 4) is 5.75 Å². The number of nitrogens with one attached hydrogen (secondary N) is 1. The third-order valence-corrected chi connectivity index (χ3v) is 6.17. The lowest BCUT2D eigenvalue weighted by atomic mass is 9.95. The number of esters is 1. The van der Waals surface area contributed by atoms with E-state index in [9.17, 15) is 9.59 Å². The monoisotopic (exact) mass is 437 g/mol. The van der Waals surface area contributed by atoms with E-state index in [0.717, 1.165) is 40.6 Å². The fraction of sp³-hybridized carbons (Fsp3) is 0.368. The van der Waals surface area contributed by atoms with Crippen molar-refractivity contribution in [1.29, 1.82) is 0 Å². The molecule has 2 aromatic rings. The van der Waals surface area contributed by atoms with E-state index in [-0.39, 0.29) is 5.91 Å². The number of methoxy groups -OCH3 is 1. The third-order valence-electron chi connectivity index (χ3n) is 4.31. The molecule has 0 saturated heterocycles. The Morgan fingerprint density at radius 2 is 1.96 bits per heavy atom. The summed E-state index contributed by atoms with van der Waals surface area (Å²) >= 11 is 4.87. The average Bonchev–Trinajstić information content (AvgIpc) is 3.00. The van der Waals surface area contributed by atoms with E-state index >= 15 is 0 Å². The number of fused-ring (bicyclic) bond motifs is 1. The molecule has 1 aromatic heterocycles. The predicted molar refractivity (Wildman–Crippen MR) is 105 cm³/mol. The van der Waals surface area contributed by atoms with Gasteiger partial charge in [-0.2, -0.15) is 0 Å². The standard InChI is InChI=1S/C19H20BrNO4S/c1-11(25-14-9-5-4-8-13(14)20)17(22)21-18-16(19(23)24-2)12-7-3-6-10-15(12)26-18/h4-5,8-9,11H,3,6-7,10H2,1-2H3,(H,21,22). The Morgan fingerprint density at radius 3 is 2.69 bits per heavy atom. The molecule has 1 N–H and O–H groups in total. The van der Waals surface area contributed by atoms with E-state index in [4.69, 9.17) is 9.47 Å². The van der Waals surface area contributed by atoms with Gasteiger partial charge in [0.25, 0.3) is 5.91 Å². The Bertz CT molecular complexity index is 833. The van der Waals surface area contributed by atoms with Gasteiger partial charge in [0.05, 0.1) is 17.1 Å². The van der Waals surface area contributed by atoms with Gasteiger partial charge < -0.3 is 14.8 Å². The molecule has 0 fully saturated rings. The molecule has 0 aliphatic heterocycles. The quantitative estimate of drug-likeness (QED) is 0.694. The van der Waals surface area contributed by atoms with Crippen LogP contribution in [0.3, 0.4) is 0 Å². The number of amides is 1. The molecular weight excluding hydrogens is 418 g/mol. The van der Waals surface area contributed by atoms with E-state index in [0.29, 0.717) is 16.3 Å². The van der Waals surface area contributed by atoms with Gasteiger partial charge in [0.2, 0.25) is 0 Å². The summed E-state index contributed by atoms with van der Waals surface area (Å²) < 4.78 is 11.5. The Hall–Kier alpha value is -1.86. The van der Waals surface area contributed by atoms with Gasteiger partial charge in [0.15, 0.2) is 6.10 Å². The maximum atomic E-state index is 12.6. The van der Waals surface area contributed by atoms with E-state index in [1.165, 1.54) is 18.4 Å². The maximum absolute atomic E-state index is 12.6. The van der Waals surface area contributed by atoms with Crippen molar-refractivity contribution in [1.82, 2.24) is 0 Å². The normalized spacial score (nSPS) is 14.3. The molecule has 0 bridgehead atoms. The second-order valence-electron chi connectivity index (χ2n) is 6.09. The third kappa shape index (κ3) is 3.94. The van der Waals surface area contributed by atoms with Crippen LogP contribution in [0, 0.1) is 0 Å². The average molecular weight is 438 g/mol. The highest BCUT2D eigenvalue weighted by Crippen LogP contribution is 2.38.